The minimum atomic E-state index is -0.913. The molecule has 194 valence electrons. The summed E-state index contributed by atoms with van der Waals surface area (Å²) in [7, 11) is 0. The van der Waals surface area contributed by atoms with Gasteiger partial charge in [-0.1, -0.05) is 75.3 Å². The lowest BCUT2D eigenvalue weighted by Crippen LogP contribution is -2.54. The van der Waals surface area contributed by atoms with Crippen molar-refractivity contribution in [1.82, 2.24) is 9.97 Å². The third kappa shape index (κ3) is 5.09. The predicted molar refractivity (Wildman–Crippen MR) is 137 cm³/mol. The number of carboxylic acid groups (broad SMARTS) is 2. The maximum absolute atomic E-state index is 12.6. The molecule has 0 saturated heterocycles. The van der Waals surface area contributed by atoms with E-state index in [0.29, 0.717) is 11.4 Å². The lowest BCUT2D eigenvalue weighted by atomic mass is 9.46. The van der Waals surface area contributed by atoms with Crippen LogP contribution in [0.25, 0.3) is 11.4 Å². The van der Waals surface area contributed by atoms with Gasteiger partial charge >= 0.3 is 11.9 Å². The topological polar surface area (TPSA) is 124 Å². The molecule has 2 rings (SSSR count). The Morgan fingerprint density at radius 1 is 0.914 bits per heavy atom. The quantitative estimate of drug-likeness (QED) is 0.325. The number of nitrogens with one attached hydrogen (secondary N) is 1. The Hall–Kier alpha value is -2.83. The van der Waals surface area contributed by atoms with Gasteiger partial charge < -0.3 is 20.3 Å². The number of benzene rings is 1. The molecule has 0 amide bonds. The molecule has 0 aliphatic carbocycles. The third-order valence-corrected chi connectivity index (χ3v) is 8.55. The van der Waals surface area contributed by atoms with Gasteiger partial charge in [0.15, 0.2) is 0 Å². The molecule has 35 heavy (non-hydrogen) atoms. The second-order valence-corrected chi connectivity index (χ2v) is 12.6. The highest BCUT2D eigenvalue weighted by molar-refractivity contribution is 5.73. The van der Waals surface area contributed by atoms with Crippen molar-refractivity contribution in [1.29, 1.82) is 0 Å². The van der Waals surface area contributed by atoms with Gasteiger partial charge in [0.05, 0.1) is 17.4 Å². The maximum Gasteiger partial charge on any atom is 0.307 e. The molecule has 0 aliphatic rings. The molecule has 0 aliphatic heterocycles. The summed E-state index contributed by atoms with van der Waals surface area (Å²) in [5.74, 6) is -3.03. The highest BCUT2D eigenvalue weighted by atomic mass is 16.4. The number of aromatic amines is 1. The van der Waals surface area contributed by atoms with Crippen LogP contribution in [0.5, 0.6) is 5.75 Å². The zero-order valence-corrected chi connectivity index (χ0v) is 22.7. The van der Waals surface area contributed by atoms with E-state index in [-0.39, 0.29) is 11.7 Å². The number of H-pyrrole nitrogens is 1. The molecular formula is C28H42N2O5. The first-order chi connectivity index (χ1) is 15.8. The predicted octanol–water partition coefficient (Wildman–Crippen LogP) is 6.41. The Labute approximate surface area is 209 Å². The lowest BCUT2D eigenvalue weighted by molar-refractivity contribution is -0.163. The van der Waals surface area contributed by atoms with Crippen LogP contribution in [0.1, 0.15) is 80.7 Å². The minimum absolute atomic E-state index is 0.0571. The number of nitrogens with zero attached hydrogens (tertiary/aromatic N) is 1. The SMILES string of the molecule is CC(C(=O)O)C(C)(C)C(c1ccc(O)c(-c2ncc[nH]2)c1)C(C)(C)C(C)(C)C(C(=O)O)C(C)(C)C. The van der Waals surface area contributed by atoms with E-state index in [1.807, 2.05) is 74.4 Å². The second-order valence-electron chi connectivity index (χ2n) is 12.6. The van der Waals surface area contributed by atoms with Crippen LogP contribution in [0.4, 0.5) is 0 Å². The van der Waals surface area contributed by atoms with E-state index in [2.05, 4.69) is 9.97 Å². The Bertz CT molecular complexity index is 1060. The summed E-state index contributed by atoms with van der Waals surface area (Å²) in [6, 6.07) is 5.26. The zero-order chi connectivity index (χ0) is 27.1. The Morgan fingerprint density at radius 3 is 1.91 bits per heavy atom. The molecule has 2 aromatic rings. The normalized spacial score (nSPS) is 15.9. The highest BCUT2D eigenvalue weighted by Crippen LogP contribution is 2.62. The molecule has 3 atom stereocenters. The van der Waals surface area contributed by atoms with Gasteiger partial charge in [0.1, 0.15) is 11.6 Å². The van der Waals surface area contributed by atoms with Gasteiger partial charge in [0, 0.05) is 12.4 Å². The van der Waals surface area contributed by atoms with Gasteiger partial charge in [0.25, 0.3) is 0 Å². The molecule has 0 spiro atoms. The van der Waals surface area contributed by atoms with E-state index < -0.39 is 45.4 Å². The number of carbonyl (C=O) groups is 2. The summed E-state index contributed by atoms with van der Waals surface area (Å²) in [6.07, 6.45) is 3.27. The van der Waals surface area contributed by atoms with Crippen LogP contribution in [0.2, 0.25) is 0 Å². The molecule has 0 saturated carbocycles. The molecule has 1 aromatic heterocycles. The van der Waals surface area contributed by atoms with Gasteiger partial charge in [-0.15, -0.1) is 0 Å². The Balaban J connectivity index is 2.87. The molecule has 7 heteroatoms. The first-order valence-electron chi connectivity index (χ1n) is 12.1. The molecule has 4 N–H and O–H groups in total. The Morgan fingerprint density at radius 2 is 1.49 bits per heavy atom. The van der Waals surface area contributed by atoms with E-state index >= 15 is 0 Å². The highest BCUT2D eigenvalue weighted by Gasteiger charge is 2.58. The summed E-state index contributed by atoms with van der Waals surface area (Å²) in [5, 5.41) is 30.9. The molecular weight excluding hydrogens is 444 g/mol. The molecule has 1 aromatic carbocycles. The van der Waals surface area contributed by atoms with Crippen molar-refractivity contribution in [2.24, 2.45) is 33.5 Å². The lowest BCUT2D eigenvalue weighted by Gasteiger charge is -2.57. The largest absolute Gasteiger partial charge is 0.507 e. The molecule has 0 radical (unpaired) electrons. The van der Waals surface area contributed by atoms with Crippen molar-refractivity contribution in [3.05, 3.63) is 36.2 Å². The molecule has 0 fully saturated rings. The van der Waals surface area contributed by atoms with E-state index in [9.17, 15) is 24.9 Å². The average molecular weight is 487 g/mol. The van der Waals surface area contributed by atoms with E-state index in [1.165, 1.54) is 0 Å². The van der Waals surface area contributed by atoms with Gasteiger partial charge in [-0.05, 0) is 45.3 Å². The van der Waals surface area contributed by atoms with Crippen molar-refractivity contribution in [3.8, 4) is 17.1 Å². The summed E-state index contributed by atoms with van der Waals surface area (Å²) >= 11 is 0. The number of phenolic OH excluding ortho intramolecular Hbond substituents is 1. The molecule has 1 heterocycles. The summed E-state index contributed by atoms with van der Waals surface area (Å²) in [4.78, 5) is 32.1. The molecule has 7 nitrogen and oxygen atoms in total. The smallest absolute Gasteiger partial charge is 0.307 e. The van der Waals surface area contributed by atoms with Crippen molar-refractivity contribution < 1.29 is 24.9 Å². The zero-order valence-electron chi connectivity index (χ0n) is 22.7. The van der Waals surface area contributed by atoms with Crippen LogP contribution in [0.3, 0.4) is 0 Å². The van der Waals surface area contributed by atoms with Gasteiger partial charge in [-0.25, -0.2) is 4.98 Å². The number of aromatic nitrogens is 2. The first kappa shape index (κ1) is 28.4. The van der Waals surface area contributed by atoms with Crippen LogP contribution >= 0.6 is 0 Å². The summed E-state index contributed by atoms with van der Waals surface area (Å²) in [5.41, 5.74) is -1.41. The number of aromatic hydroxyl groups is 1. The van der Waals surface area contributed by atoms with Crippen molar-refractivity contribution in [2.75, 3.05) is 0 Å². The van der Waals surface area contributed by atoms with E-state index in [4.69, 9.17) is 0 Å². The fourth-order valence-electron chi connectivity index (χ4n) is 6.19. The number of hydrogen-bond donors (Lipinski definition) is 4. The maximum atomic E-state index is 12.6. The number of phenols is 1. The number of carboxylic acids is 2. The molecule has 0 bridgehead atoms. The number of rotatable bonds is 9. The van der Waals surface area contributed by atoms with E-state index in [0.717, 1.165) is 5.56 Å². The average Bonchev–Trinajstić information content (AvgIpc) is 3.20. The van der Waals surface area contributed by atoms with Gasteiger partial charge in [0.2, 0.25) is 0 Å². The minimum Gasteiger partial charge on any atom is -0.507 e. The van der Waals surface area contributed by atoms with Crippen LogP contribution in [-0.2, 0) is 9.59 Å². The fraction of sp³-hybridized carbons (Fsp3) is 0.607. The number of hydrogen-bond acceptors (Lipinski definition) is 4. The van der Waals surface area contributed by atoms with Crippen LogP contribution in [-0.4, -0.2) is 37.2 Å². The monoisotopic (exact) mass is 486 g/mol. The summed E-state index contributed by atoms with van der Waals surface area (Å²) < 4.78 is 0. The Kier molecular flexibility index (Phi) is 7.57. The first-order valence-corrected chi connectivity index (χ1v) is 12.1. The third-order valence-electron chi connectivity index (χ3n) is 8.55. The second kappa shape index (κ2) is 9.32. The van der Waals surface area contributed by atoms with Crippen LogP contribution < -0.4 is 0 Å². The van der Waals surface area contributed by atoms with Crippen molar-refractivity contribution in [2.45, 2.75) is 75.2 Å². The standard InChI is InChI=1S/C28H42N2O5/c1-16(23(32)33)26(5,6)20(17-11-12-19(31)18(15-17)22-29-13-14-30-22)27(7,8)28(9,10)21(24(34)35)25(2,3)4/h11-16,20-21,31H,1-10H3,(H,29,30)(H,32,33)(H,34,35). The molecule has 3 unspecified atom stereocenters. The number of imidazole rings is 1. The van der Waals surface area contributed by atoms with Crippen LogP contribution in [0.15, 0.2) is 30.6 Å². The van der Waals surface area contributed by atoms with Gasteiger partial charge in [-0.3, -0.25) is 9.59 Å². The number of aliphatic carboxylic acids is 2. The summed E-state index contributed by atoms with van der Waals surface area (Å²) in [6.45, 7) is 19.4. The van der Waals surface area contributed by atoms with Gasteiger partial charge in [-0.2, -0.15) is 0 Å². The van der Waals surface area contributed by atoms with Crippen molar-refractivity contribution in [3.63, 3.8) is 0 Å². The van der Waals surface area contributed by atoms with Crippen molar-refractivity contribution >= 4 is 11.9 Å². The van der Waals surface area contributed by atoms with E-state index in [1.54, 1.807) is 25.4 Å². The fourth-order valence-corrected chi connectivity index (χ4v) is 6.19. The van der Waals surface area contributed by atoms with Crippen LogP contribution in [0, 0.1) is 33.5 Å².